The molecule has 7 nitrogen and oxygen atoms in total. The molecule has 1 heterocycles. The molecule has 1 aliphatic heterocycles. The third-order valence-electron chi connectivity index (χ3n) is 1.09. The molecule has 1 rings (SSSR count). The van der Waals surface area contributed by atoms with Crippen LogP contribution in [0.1, 0.15) is 6.42 Å². The number of nitrogens with two attached hydrogens (primary N) is 1. The lowest BCUT2D eigenvalue weighted by Gasteiger charge is -2.16. The van der Waals surface area contributed by atoms with Gasteiger partial charge >= 0.3 is 0 Å². The van der Waals surface area contributed by atoms with Crippen molar-refractivity contribution >= 4 is 6.02 Å². The van der Waals surface area contributed by atoms with Crippen LogP contribution in [0, 0.1) is 10.1 Å². The van der Waals surface area contributed by atoms with Gasteiger partial charge in [-0.1, -0.05) is 0 Å². The Morgan fingerprint density at radius 3 is 3.18 bits per heavy atom. The van der Waals surface area contributed by atoms with Gasteiger partial charge in [0.2, 0.25) is 6.23 Å². The van der Waals surface area contributed by atoms with Crippen LogP contribution in [-0.4, -0.2) is 23.9 Å². The van der Waals surface area contributed by atoms with Crippen molar-refractivity contribution in [1.29, 1.82) is 0 Å². The Balaban J connectivity index is 2.46. The van der Waals surface area contributed by atoms with Gasteiger partial charge in [-0.3, -0.25) is 4.84 Å². The number of hydrogen-bond donors (Lipinski definition) is 1. The maximum Gasteiger partial charge on any atom is 0.296 e. The Bertz CT molecular complexity index is 192. The summed E-state index contributed by atoms with van der Waals surface area (Å²) in [5.41, 5.74) is 5.13. The Hall–Kier alpha value is -1.53. The lowest BCUT2D eigenvalue weighted by Crippen LogP contribution is -2.29. The molecule has 1 atom stereocenters. The number of aliphatic imine (C=N–C) groups is 1. The van der Waals surface area contributed by atoms with Gasteiger partial charge in [-0.2, -0.15) is 0 Å². The lowest BCUT2D eigenvalue weighted by atomic mass is 10.4. The van der Waals surface area contributed by atoms with E-state index < -0.39 is 11.3 Å². The van der Waals surface area contributed by atoms with Crippen LogP contribution >= 0.6 is 0 Å². The van der Waals surface area contributed by atoms with E-state index in [1.165, 1.54) is 0 Å². The van der Waals surface area contributed by atoms with Crippen molar-refractivity contribution in [3.05, 3.63) is 10.1 Å². The molecule has 7 heteroatoms. The van der Waals surface area contributed by atoms with E-state index in [4.69, 9.17) is 10.5 Å². The molecule has 0 saturated heterocycles. The summed E-state index contributed by atoms with van der Waals surface area (Å²) in [6.07, 6.45) is -0.458. The fraction of sp³-hybridized carbons (Fsp3) is 0.750. The van der Waals surface area contributed by atoms with Gasteiger partial charge in [0, 0.05) is 6.42 Å². The number of amidine groups is 1. The molecule has 0 aliphatic carbocycles. The molecule has 0 amide bonds. The molecule has 1 unspecified atom stereocenters. The first-order chi connectivity index (χ1) is 5.18. The van der Waals surface area contributed by atoms with Gasteiger partial charge in [-0.25, -0.2) is 4.99 Å². The number of rotatable bonds is 2. The van der Waals surface area contributed by atoms with Crippen LogP contribution in [0.2, 0.25) is 0 Å². The molecule has 0 radical (unpaired) electrons. The van der Waals surface area contributed by atoms with Crippen molar-refractivity contribution in [2.24, 2.45) is 10.7 Å². The van der Waals surface area contributed by atoms with Gasteiger partial charge in [0.15, 0.2) is 0 Å². The van der Waals surface area contributed by atoms with Crippen LogP contribution in [-0.2, 0) is 9.57 Å². The number of ether oxygens (including phenoxy) is 1. The highest BCUT2D eigenvalue weighted by Gasteiger charge is 2.17. The van der Waals surface area contributed by atoms with Gasteiger partial charge in [0.05, 0.1) is 6.61 Å². The first-order valence-corrected chi connectivity index (χ1v) is 2.95. The molecule has 0 spiro atoms. The Labute approximate surface area is 61.9 Å². The molecule has 62 valence electrons. The van der Waals surface area contributed by atoms with E-state index in [0.717, 1.165) is 0 Å². The summed E-state index contributed by atoms with van der Waals surface area (Å²) in [7, 11) is 0. The maximum absolute atomic E-state index is 9.81. The Morgan fingerprint density at radius 2 is 2.64 bits per heavy atom. The van der Waals surface area contributed by atoms with Crippen molar-refractivity contribution < 1.29 is 14.7 Å². The van der Waals surface area contributed by atoms with Crippen LogP contribution in [0.3, 0.4) is 0 Å². The first kappa shape index (κ1) is 7.58. The van der Waals surface area contributed by atoms with Crippen molar-refractivity contribution in [3.63, 3.8) is 0 Å². The van der Waals surface area contributed by atoms with Crippen LogP contribution in [0.25, 0.3) is 0 Å². The topological polar surface area (TPSA) is 100.0 Å². The maximum atomic E-state index is 9.81. The minimum atomic E-state index is -0.896. The minimum absolute atomic E-state index is 0.0666. The Kier molecular flexibility index (Phi) is 2.09. The highest BCUT2D eigenvalue weighted by atomic mass is 17.0. The molecule has 0 aromatic rings. The summed E-state index contributed by atoms with van der Waals surface area (Å²) < 4.78 is 4.71. The first-order valence-electron chi connectivity index (χ1n) is 2.95. The molecular formula is C4H7N3O4. The van der Waals surface area contributed by atoms with Crippen LogP contribution < -0.4 is 5.73 Å². The number of hydrogen-bond acceptors (Lipinski definition) is 6. The van der Waals surface area contributed by atoms with E-state index in [0.29, 0.717) is 13.0 Å². The number of nitrogens with zero attached hydrogens (tertiary/aromatic N) is 2. The molecule has 0 fully saturated rings. The molecule has 0 aromatic carbocycles. The molecule has 0 saturated carbocycles. The average Bonchev–Trinajstić information content (AvgIpc) is 1.85. The van der Waals surface area contributed by atoms with Crippen molar-refractivity contribution in [2.75, 3.05) is 6.61 Å². The molecule has 11 heavy (non-hydrogen) atoms. The fourth-order valence-electron chi connectivity index (χ4n) is 0.684. The van der Waals surface area contributed by atoms with E-state index >= 15 is 0 Å². The minimum Gasteiger partial charge on any atom is -0.465 e. The standard InChI is InChI=1S/C4H7N3O4/c5-4-6-3(1-2-10-4)11-7(8)9/h3H,1-2H2,(H2,5,6). The van der Waals surface area contributed by atoms with Crippen LogP contribution in [0.15, 0.2) is 4.99 Å². The quantitative estimate of drug-likeness (QED) is 0.424. The van der Waals surface area contributed by atoms with Crippen LogP contribution in [0.4, 0.5) is 0 Å². The molecule has 0 bridgehead atoms. The molecule has 0 aromatic heterocycles. The second-order valence-electron chi connectivity index (χ2n) is 1.89. The van der Waals surface area contributed by atoms with Crippen molar-refractivity contribution in [2.45, 2.75) is 12.6 Å². The monoisotopic (exact) mass is 161 g/mol. The summed E-state index contributed by atoms with van der Waals surface area (Å²) in [5.74, 6) is 0. The predicted molar refractivity (Wildman–Crippen MR) is 34.1 cm³/mol. The van der Waals surface area contributed by atoms with Crippen molar-refractivity contribution in [1.82, 2.24) is 0 Å². The van der Waals surface area contributed by atoms with E-state index in [2.05, 4.69) is 9.83 Å². The van der Waals surface area contributed by atoms with Gasteiger partial charge < -0.3 is 10.5 Å². The van der Waals surface area contributed by atoms with E-state index in [1.54, 1.807) is 0 Å². The zero-order valence-corrected chi connectivity index (χ0v) is 5.60. The smallest absolute Gasteiger partial charge is 0.296 e. The zero-order chi connectivity index (χ0) is 8.27. The second kappa shape index (κ2) is 3.04. The van der Waals surface area contributed by atoms with Crippen LogP contribution in [0.5, 0.6) is 0 Å². The highest BCUT2D eigenvalue weighted by molar-refractivity contribution is 5.71. The molecule has 1 aliphatic rings. The van der Waals surface area contributed by atoms with Gasteiger partial charge in [0.25, 0.3) is 11.1 Å². The summed E-state index contributed by atoms with van der Waals surface area (Å²) in [6.45, 7) is 0.299. The van der Waals surface area contributed by atoms with E-state index in [-0.39, 0.29) is 6.02 Å². The summed E-state index contributed by atoms with van der Waals surface area (Å²) in [5, 5.41) is 8.91. The average molecular weight is 161 g/mol. The second-order valence-corrected chi connectivity index (χ2v) is 1.89. The molecular weight excluding hydrogens is 154 g/mol. The van der Waals surface area contributed by atoms with Gasteiger partial charge in [-0.05, 0) is 0 Å². The van der Waals surface area contributed by atoms with E-state index in [1.807, 2.05) is 0 Å². The zero-order valence-electron chi connectivity index (χ0n) is 5.60. The normalized spacial score (nSPS) is 23.3. The third kappa shape index (κ3) is 2.28. The predicted octanol–water partition coefficient (Wildman–Crippen LogP) is -0.744. The molecule has 2 N–H and O–H groups in total. The summed E-state index contributed by atoms with van der Waals surface area (Å²) in [6, 6.07) is -0.0666. The Morgan fingerprint density at radius 1 is 1.91 bits per heavy atom. The highest BCUT2D eigenvalue weighted by Crippen LogP contribution is 2.05. The lowest BCUT2D eigenvalue weighted by molar-refractivity contribution is -0.768. The van der Waals surface area contributed by atoms with E-state index in [9.17, 15) is 10.1 Å². The SMILES string of the molecule is NC1=NC(O[N+](=O)[O-])CCO1. The fourth-order valence-corrected chi connectivity index (χ4v) is 0.684. The van der Waals surface area contributed by atoms with Gasteiger partial charge in [-0.15, -0.1) is 10.1 Å². The summed E-state index contributed by atoms with van der Waals surface area (Å²) >= 11 is 0. The van der Waals surface area contributed by atoms with Gasteiger partial charge in [0.1, 0.15) is 0 Å². The summed E-state index contributed by atoms with van der Waals surface area (Å²) in [4.78, 5) is 17.5. The third-order valence-corrected chi connectivity index (χ3v) is 1.09. The van der Waals surface area contributed by atoms with Crippen molar-refractivity contribution in [3.8, 4) is 0 Å². The largest absolute Gasteiger partial charge is 0.465 e.